The average molecular weight is 1200 g/mol. The van der Waals surface area contributed by atoms with Gasteiger partial charge in [0.05, 0.1) is 11.8 Å². The van der Waals surface area contributed by atoms with Crippen LogP contribution >= 0.6 is 0 Å². The van der Waals surface area contributed by atoms with Crippen molar-refractivity contribution in [3.8, 4) is 0 Å². The summed E-state index contributed by atoms with van der Waals surface area (Å²) < 4.78 is 244. The van der Waals surface area contributed by atoms with Crippen molar-refractivity contribution < 1.29 is 92.2 Å². The molecule has 0 spiro atoms. The maximum absolute atomic E-state index is 11.8. The van der Waals surface area contributed by atoms with E-state index in [0.717, 1.165) is 50.4 Å². The Morgan fingerprint density at radius 1 is 0.295 bits per heavy atom. The highest BCUT2D eigenvalue weighted by molar-refractivity contribution is 4.74. The molecule has 0 bridgehead atoms. The first-order chi connectivity index (χ1) is 34.4. The van der Waals surface area contributed by atoms with Crippen molar-refractivity contribution in [2.24, 2.45) is 52.3 Å². The molecule has 0 aromatic rings. The summed E-state index contributed by atoms with van der Waals surface area (Å²) >= 11 is 0. The van der Waals surface area contributed by atoms with Gasteiger partial charge in [0.15, 0.2) is 5.92 Å². The Labute approximate surface area is 461 Å². The minimum atomic E-state index is -5.17. The molecule has 0 aliphatic carbocycles. The second-order valence-corrected chi connectivity index (χ2v) is 23.0. The van der Waals surface area contributed by atoms with Gasteiger partial charge in [-0.05, 0) is 60.2 Å². The standard InChI is InChI=1S/3C7H13F3.2C6H8F6.4C6H14/c1-3-4-6(2)5-7(8,9)10;1-3-4-5-6(2)7(8,9)10;1-2-3-4-5-6-7(8,9)10;1-4(6(10,11)12)2-3-5(7,8)9;1-2-3-4(5(7,8)9)6(10,11)12;2*1-5-6(2,3)4;1-5(2)6(3)4;1-4-6(3)5-2/h2*6H,3-5H2,1-2H3;2-6H2,1H3;2*4H,2-3H2,1H3;2*5H2,1-4H3;5-6H,1-4H3;6H,4-5H2,1-3H3/t2*6-;;4-;;;;;/m00.0...../s1. The van der Waals surface area contributed by atoms with Gasteiger partial charge in [-0.25, -0.2) is 0 Å². The molecule has 0 rings (SSSR count). The number of alkyl halides is 21. The Kier molecular flexibility index (Phi) is 60.1. The zero-order valence-corrected chi connectivity index (χ0v) is 51.9. The lowest BCUT2D eigenvalue weighted by molar-refractivity contribution is -0.285. The topological polar surface area (TPSA) is 0 Å². The zero-order chi connectivity index (χ0) is 65.0. The Bertz CT molecular complexity index is 1170. The van der Waals surface area contributed by atoms with E-state index in [2.05, 4.69) is 104 Å². The fourth-order valence-corrected chi connectivity index (χ4v) is 4.05. The van der Waals surface area contributed by atoms with E-state index in [0.29, 0.717) is 30.1 Å². The highest BCUT2D eigenvalue weighted by Crippen LogP contribution is 2.42. The van der Waals surface area contributed by atoms with Crippen LogP contribution in [0.5, 0.6) is 0 Å². The van der Waals surface area contributed by atoms with Gasteiger partial charge >= 0.3 is 43.2 Å². The van der Waals surface area contributed by atoms with Gasteiger partial charge in [-0.3, -0.25) is 0 Å². The highest BCUT2D eigenvalue weighted by Gasteiger charge is 2.55. The number of unbranched alkanes of at least 4 members (excludes halogenated alkanes) is 4. The first-order valence-corrected chi connectivity index (χ1v) is 27.9. The molecular formula is C57H111F21. The summed E-state index contributed by atoms with van der Waals surface area (Å²) in [4.78, 5) is 0. The van der Waals surface area contributed by atoms with E-state index in [1.807, 2.05) is 20.8 Å². The fraction of sp³-hybridized carbons (Fsp3) is 1.00. The predicted molar refractivity (Wildman–Crippen MR) is 284 cm³/mol. The SMILES string of the molecule is CC(C)C(C)C.CCC(C)(C)C.CCC(C)(C)C.CCC(C)CC.CCCC(C(F)(F)F)C(F)(F)F.CCCCCCC(F)(F)F.CCCC[C@H](C)C(F)(F)F.CCC[C@H](C)CC(F)(F)F.C[C@@H](CCC(F)(F)F)C(F)(F)F. The van der Waals surface area contributed by atoms with Gasteiger partial charge in [0.2, 0.25) is 0 Å². The van der Waals surface area contributed by atoms with E-state index in [-0.39, 0.29) is 25.2 Å². The molecule has 0 unspecified atom stereocenters. The molecule has 0 aromatic heterocycles. The van der Waals surface area contributed by atoms with Crippen LogP contribution in [0.4, 0.5) is 92.2 Å². The van der Waals surface area contributed by atoms with Crippen LogP contribution in [0.2, 0.25) is 0 Å². The molecule has 0 aliphatic heterocycles. The molecule has 0 radical (unpaired) electrons. The lowest BCUT2D eigenvalue weighted by Gasteiger charge is -2.21. The van der Waals surface area contributed by atoms with Crippen molar-refractivity contribution in [3.63, 3.8) is 0 Å². The highest BCUT2D eigenvalue weighted by atomic mass is 19.4. The van der Waals surface area contributed by atoms with Gasteiger partial charge in [-0.15, -0.1) is 0 Å². The molecule has 0 saturated heterocycles. The maximum atomic E-state index is 11.8. The van der Waals surface area contributed by atoms with E-state index >= 15 is 0 Å². The molecule has 486 valence electrons. The largest absolute Gasteiger partial charge is 0.400 e. The van der Waals surface area contributed by atoms with Gasteiger partial charge in [-0.1, -0.05) is 229 Å². The van der Waals surface area contributed by atoms with Gasteiger partial charge in [0, 0.05) is 19.3 Å². The monoisotopic (exact) mass is 1190 g/mol. The summed E-state index contributed by atoms with van der Waals surface area (Å²) in [6.07, 6.45) is -24.5. The van der Waals surface area contributed by atoms with Crippen molar-refractivity contribution in [1.82, 2.24) is 0 Å². The molecule has 78 heavy (non-hydrogen) atoms. The smallest absolute Gasteiger partial charge is 0.171 e. The second kappa shape index (κ2) is 49.0. The fourth-order valence-electron chi connectivity index (χ4n) is 4.05. The van der Waals surface area contributed by atoms with Crippen molar-refractivity contribution >= 4 is 0 Å². The normalized spacial score (nSPS) is 13.6. The Hall–Kier alpha value is -1.47. The summed E-state index contributed by atoms with van der Waals surface area (Å²) in [5, 5.41) is 0. The molecule has 0 aromatic carbocycles. The van der Waals surface area contributed by atoms with E-state index in [4.69, 9.17) is 0 Å². The number of hydrogen-bond acceptors (Lipinski definition) is 0. The molecule has 0 aliphatic rings. The molecule has 0 fully saturated rings. The van der Waals surface area contributed by atoms with E-state index in [1.54, 1.807) is 6.92 Å². The summed E-state index contributed by atoms with van der Waals surface area (Å²) in [6.45, 7) is 44.2. The number of hydrogen-bond donors (Lipinski definition) is 0. The van der Waals surface area contributed by atoms with Crippen molar-refractivity contribution in [1.29, 1.82) is 0 Å². The van der Waals surface area contributed by atoms with Gasteiger partial charge in [0.1, 0.15) is 0 Å². The molecule has 3 atom stereocenters. The lowest BCUT2D eigenvalue weighted by Crippen LogP contribution is -2.36. The van der Waals surface area contributed by atoms with Crippen LogP contribution in [-0.2, 0) is 0 Å². The van der Waals surface area contributed by atoms with Gasteiger partial charge in [0.25, 0.3) is 0 Å². The van der Waals surface area contributed by atoms with Crippen LogP contribution in [0.15, 0.2) is 0 Å². The molecule has 21 heteroatoms. The minimum Gasteiger partial charge on any atom is -0.171 e. The first-order valence-electron chi connectivity index (χ1n) is 27.9. The van der Waals surface area contributed by atoms with E-state index in [1.165, 1.54) is 39.5 Å². The lowest BCUT2D eigenvalue weighted by atomic mass is 9.94. The molecular weight excluding hydrogens is 1080 g/mol. The third kappa shape index (κ3) is 96.8. The van der Waals surface area contributed by atoms with Crippen molar-refractivity contribution in [2.75, 3.05) is 0 Å². The molecule has 0 heterocycles. The summed E-state index contributed by atoms with van der Waals surface area (Å²) in [6, 6.07) is 0. The third-order valence-corrected chi connectivity index (χ3v) is 11.9. The van der Waals surface area contributed by atoms with Gasteiger partial charge in [-0.2, -0.15) is 92.2 Å². The quantitative estimate of drug-likeness (QED) is 0.101. The molecule has 0 saturated carbocycles. The first kappa shape index (κ1) is 95.7. The van der Waals surface area contributed by atoms with Crippen molar-refractivity contribution in [2.45, 2.75) is 318 Å². The third-order valence-electron chi connectivity index (χ3n) is 11.9. The second-order valence-electron chi connectivity index (χ2n) is 23.0. The molecule has 0 nitrogen and oxygen atoms in total. The summed E-state index contributed by atoms with van der Waals surface area (Å²) in [5.74, 6) is -3.77. The Morgan fingerprint density at radius 3 is 0.782 bits per heavy atom. The van der Waals surface area contributed by atoms with Crippen LogP contribution in [0, 0.1) is 52.3 Å². The van der Waals surface area contributed by atoms with E-state index in [9.17, 15) is 92.2 Å². The predicted octanol–water partition coefficient (Wildman–Crippen LogP) is 26.9. The Balaban J connectivity index is -0.0000000994. The van der Waals surface area contributed by atoms with E-state index < -0.39 is 93.1 Å². The average Bonchev–Trinajstić information content (AvgIpc) is 3.23. The Morgan fingerprint density at radius 2 is 0.603 bits per heavy atom. The minimum absolute atomic E-state index is 0.135. The molecule has 0 amide bonds. The summed E-state index contributed by atoms with van der Waals surface area (Å²) in [5.41, 5.74) is 1.08. The maximum Gasteiger partial charge on any atom is 0.400 e. The van der Waals surface area contributed by atoms with Crippen LogP contribution in [-0.4, -0.2) is 43.2 Å². The van der Waals surface area contributed by atoms with Crippen LogP contribution in [0.25, 0.3) is 0 Å². The van der Waals surface area contributed by atoms with Crippen LogP contribution < -0.4 is 0 Å². The number of rotatable bonds is 17. The van der Waals surface area contributed by atoms with Crippen LogP contribution in [0.1, 0.15) is 274 Å². The summed E-state index contributed by atoms with van der Waals surface area (Å²) in [7, 11) is 0. The van der Waals surface area contributed by atoms with Gasteiger partial charge < -0.3 is 0 Å². The number of halogens is 21. The van der Waals surface area contributed by atoms with Crippen molar-refractivity contribution in [3.05, 3.63) is 0 Å². The molecule has 0 N–H and O–H groups in total. The zero-order valence-electron chi connectivity index (χ0n) is 51.9. The van der Waals surface area contributed by atoms with Crippen LogP contribution in [0.3, 0.4) is 0 Å².